The lowest BCUT2D eigenvalue weighted by Crippen LogP contribution is -2.16. The molecule has 0 bridgehead atoms. The topological polar surface area (TPSA) is 75.0 Å². The van der Waals surface area contributed by atoms with E-state index in [2.05, 4.69) is 0 Å². The maximum atomic E-state index is 12.8. The van der Waals surface area contributed by atoms with E-state index in [9.17, 15) is 14.0 Å². The summed E-state index contributed by atoms with van der Waals surface area (Å²) in [5, 5.41) is 0.802. The zero-order chi connectivity index (χ0) is 19.9. The first-order chi connectivity index (χ1) is 13.5. The minimum absolute atomic E-state index is 0.176. The second kappa shape index (κ2) is 9.03. The van der Waals surface area contributed by atoms with E-state index >= 15 is 0 Å². The number of esters is 1. The fraction of sp³-hybridized carbons (Fsp3) is 0.238. The first-order valence-electron chi connectivity index (χ1n) is 8.72. The van der Waals surface area contributed by atoms with Gasteiger partial charge in [0.15, 0.2) is 6.61 Å². The molecule has 6 nitrogen and oxygen atoms in total. The fourth-order valence-electron chi connectivity index (χ4n) is 2.54. The van der Waals surface area contributed by atoms with E-state index in [1.807, 2.05) is 6.92 Å². The smallest absolute Gasteiger partial charge is 0.344 e. The molecule has 0 saturated heterocycles. The number of rotatable bonds is 8. The number of aryl methyl sites for hydroxylation is 1. The minimum atomic E-state index is -0.521. The van der Waals surface area contributed by atoms with E-state index in [4.69, 9.17) is 18.6 Å². The molecule has 0 fully saturated rings. The van der Waals surface area contributed by atoms with Gasteiger partial charge >= 0.3 is 11.6 Å². The van der Waals surface area contributed by atoms with Gasteiger partial charge in [-0.05, 0) is 48.9 Å². The summed E-state index contributed by atoms with van der Waals surface area (Å²) in [7, 11) is 0. The summed E-state index contributed by atoms with van der Waals surface area (Å²) < 4.78 is 33.8. The number of halogens is 1. The van der Waals surface area contributed by atoms with Gasteiger partial charge in [-0.2, -0.15) is 0 Å². The van der Waals surface area contributed by atoms with Gasteiger partial charge in [0.05, 0.1) is 13.2 Å². The van der Waals surface area contributed by atoms with Crippen LogP contribution in [0.1, 0.15) is 12.0 Å². The van der Waals surface area contributed by atoms with Crippen molar-refractivity contribution in [2.45, 2.75) is 13.3 Å². The third-order valence-corrected chi connectivity index (χ3v) is 3.91. The normalized spacial score (nSPS) is 10.6. The van der Waals surface area contributed by atoms with Gasteiger partial charge in [-0.1, -0.05) is 0 Å². The predicted octanol–water partition coefficient (Wildman–Crippen LogP) is 3.63. The first-order valence-corrected chi connectivity index (χ1v) is 8.72. The summed E-state index contributed by atoms with van der Waals surface area (Å²) in [4.78, 5) is 23.2. The molecule has 0 spiro atoms. The minimum Gasteiger partial charge on any atom is -0.493 e. The van der Waals surface area contributed by atoms with Crippen LogP contribution in [0.5, 0.6) is 11.5 Å². The van der Waals surface area contributed by atoms with Crippen molar-refractivity contribution in [3.05, 3.63) is 70.3 Å². The second-order valence-electron chi connectivity index (χ2n) is 6.07. The highest BCUT2D eigenvalue weighted by Gasteiger charge is 2.07. The summed E-state index contributed by atoms with van der Waals surface area (Å²) in [5.41, 5.74) is 0.762. The molecule has 0 aliphatic heterocycles. The standard InChI is InChI=1S/C21H19FO6/c1-14-11-20(23)28-19-12-17(7-8-18(14)19)27-13-21(24)26-10-2-9-25-16-5-3-15(22)4-6-16/h3-8,11-12H,2,9-10,13H2,1H3. The van der Waals surface area contributed by atoms with Gasteiger partial charge in [0, 0.05) is 23.9 Å². The summed E-state index contributed by atoms with van der Waals surface area (Å²) >= 11 is 0. The van der Waals surface area contributed by atoms with Gasteiger partial charge in [0.1, 0.15) is 22.9 Å². The predicted molar refractivity (Wildman–Crippen MR) is 100 cm³/mol. The molecule has 2 aromatic carbocycles. The number of carbonyl (C=O) groups excluding carboxylic acids is 1. The lowest BCUT2D eigenvalue weighted by molar-refractivity contribution is -0.146. The van der Waals surface area contributed by atoms with Crippen LogP contribution in [0, 0.1) is 12.7 Å². The molecule has 0 saturated carbocycles. The monoisotopic (exact) mass is 386 g/mol. The quantitative estimate of drug-likeness (QED) is 0.334. The Hall–Kier alpha value is -3.35. The molecular formula is C21H19FO6. The molecule has 28 heavy (non-hydrogen) atoms. The largest absolute Gasteiger partial charge is 0.493 e. The summed E-state index contributed by atoms with van der Waals surface area (Å²) in [6.45, 7) is 2.06. The Labute approximate surface area is 160 Å². The van der Waals surface area contributed by atoms with Gasteiger partial charge in [-0.3, -0.25) is 0 Å². The first kappa shape index (κ1) is 19.4. The molecule has 0 radical (unpaired) electrons. The van der Waals surface area contributed by atoms with Gasteiger partial charge in [0.25, 0.3) is 0 Å². The van der Waals surface area contributed by atoms with Crippen LogP contribution in [-0.2, 0) is 9.53 Å². The SMILES string of the molecule is Cc1cc(=O)oc2cc(OCC(=O)OCCCOc3ccc(F)cc3)ccc12. The van der Waals surface area contributed by atoms with Crippen molar-refractivity contribution in [1.82, 2.24) is 0 Å². The molecule has 0 amide bonds. The number of carbonyl (C=O) groups is 1. The lowest BCUT2D eigenvalue weighted by Gasteiger charge is -2.09. The molecule has 3 aromatic rings. The van der Waals surface area contributed by atoms with Crippen LogP contribution in [0.2, 0.25) is 0 Å². The lowest BCUT2D eigenvalue weighted by atomic mass is 10.1. The van der Waals surface area contributed by atoms with E-state index in [-0.39, 0.29) is 19.0 Å². The van der Waals surface area contributed by atoms with E-state index in [0.29, 0.717) is 30.1 Å². The Morgan fingerprint density at radius 2 is 1.75 bits per heavy atom. The van der Waals surface area contributed by atoms with Crippen LogP contribution in [0.3, 0.4) is 0 Å². The molecule has 1 heterocycles. The summed E-state index contributed by atoms with van der Waals surface area (Å²) in [6, 6.07) is 12.1. The summed E-state index contributed by atoms with van der Waals surface area (Å²) in [6.07, 6.45) is 0.490. The Kier molecular flexibility index (Phi) is 6.26. The van der Waals surface area contributed by atoms with Crippen LogP contribution in [-0.4, -0.2) is 25.8 Å². The molecule has 0 unspecified atom stereocenters. The van der Waals surface area contributed by atoms with E-state index in [1.54, 1.807) is 18.2 Å². The van der Waals surface area contributed by atoms with Crippen LogP contribution < -0.4 is 15.1 Å². The van der Waals surface area contributed by atoms with Crippen molar-refractivity contribution in [2.24, 2.45) is 0 Å². The Morgan fingerprint density at radius 1 is 1.00 bits per heavy atom. The van der Waals surface area contributed by atoms with Crippen molar-refractivity contribution in [3.8, 4) is 11.5 Å². The maximum Gasteiger partial charge on any atom is 0.344 e. The Balaban J connectivity index is 1.40. The highest BCUT2D eigenvalue weighted by molar-refractivity contribution is 5.81. The van der Waals surface area contributed by atoms with Gasteiger partial charge in [-0.15, -0.1) is 0 Å². The third-order valence-electron chi connectivity index (χ3n) is 3.91. The Bertz CT molecular complexity index is 1010. The van der Waals surface area contributed by atoms with E-state index < -0.39 is 11.6 Å². The molecule has 0 atom stereocenters. The average molecular weight is 386 g/mol. The average Bonchev–Trinajstić information content (AvgIpc) is 2.67. The molecule has 0 aliphatic rings. The summed E-state index contributed by atoms with van der Waals surface area (Å²) in [5.74, 6) is 0.102. The molecular weight excluding hydrogens is 367 g/mol. The van der Waals surface area contributed by atoms with Crippen molar-refractivity contribution in [2.75, 3.05) is 19.8 Å². The van der Waals surface area contributed by atoms with Crippen LogP contribution in [0.4, 0.5) is 4.39 Å². The van der Waals surface area contributed by atoms with E-state index in [1.165, 1.54) is 30.3 Å². The number of hydrogen-bond acceptors (Lipinski definition) is 6. The molecule has 3 rings (SSSR count). The van der Waals surface area contributed by atoms with Gasteiger partial charge in [-0.25, -0.2) is 14.0 Å². The molecule has 146 valence electrons. The highest BCUT2D eigenvalue weighted by atomic mass is 19.1. The molecule has 7 heteroatoms. The van der Waals surface area contributed by atoms with E-state index in [0.717, 1.165) is 10.9 Å². The number of benzene rings is 2. The number of hydrogen-bond donors (Lipinski definition) is 0. The highest BCUT2D eigenvalue weighted by Crippen LogP contribution is 2.22. The maximum absolute atomic E-state index is 12.8. The fourth-order valence-corrected chi connectivity index (χ4v) is 2.54. The van der Waals surface area contributed by atoms with Crippen molar-refractivity contribution in [3.63, 3.8) is 0 Å². The zero-order valence-electron chi connectivity index (χ0n) is 15.3. The molecule has 1 aromatic heterocycles. The van der Waals surface area contributed by atoms with Crippen LogP contribution in [0.15, 0.2) is 57.7 Å². The number of ether oxygens (including phenoxy) is 3. The second-order valence-corrected chi connectivity index (χ2v) is 6.07. The molecule has 0 N–H and O–H groups in total. The zero-order valence-corrected chi connectivity index (χ0v) is 15.3. The van der Waals surface area contributed by atoms with Crippen molar-refractivity contribution < 1.29 is 27.8 Å². The van der Waals surface area contributed by atoms with Crippen molar-refractivity contribution >= 4 is 16.9 Å². The van der Waals surface area contributed by atoms with Crippen LogP contribution >= 0.6 is 0 Å². The van der Waals surface area contributed by atoms with Crippen molar-refractivity contribution in [1.29, 1.82) is 0 Å². The third kappa shape index (κ3) is 5.33. The Morgan fingerprint density at radius 3 is 2.54 bits per heavy atom. The van der Waals surface area contributed by atoms with Gasteiger partial charge in [0.2, 0.25) is 0 Å². The van der Waals surface area contributed by atoms with Gasteiger partial charge < -0.3 is 18.6 Å². The number of fused-ring (bicyclic) bond motifs is 1. The van der Waals surface area contributed by atoms with Crippen LogP contribution in [0.25, 0.3) is 11.0 Å². The molecule has 0 aliphatic carbocycles.